The van der Waals surface area contributed by atoms with Crippen molar-refractivity contribution in [2.75, 3.05) is 13.2 Å². The molecule has 0 saturated carbocycles. The Bertz CT molecular complexity index is 930. The maximum absolute atomic E-state index is 13.3. The first-order valence-electron chi connectivity index (χ1n) is 7.76. The lowest BCUT2D eigenvalue weighted by molar-refractivity contribution is -0.144. The van der Waals surface area contributed by atoms with Gasteiger partial charge in [0.05, 0.1) is 11.9 Å². The number of oxazole rings is 1. The predicted octanol–water partition coefficient (Wildman–Crippen LogP) is 2.75. The zero-order valence-electron chi connectivity index (χ0n) is 13.3. The lowest BCUT2D eigenvalue weighted by Crippen LogP contribution is -2.19. The summed E-state index contributed by atoms with van der Waals surface area (Å²) in [5, 5.41) is 0. The molecule has 3 aromatic rings. The smallest absolute Gasteiger partial charge is 0.419 e. The molecule has 0 atom stereocenters. The summed E-state index contributed by atoms with van der Waals surface area (Å²) in [4.78, 5) is 23.6. The second kappa shape index (κ2) is 7.65. The van der Waals surface area contributed by atoms with Crippen molar-refractivity contribution in [2.45, 2.75) is 13.0 Å². The lowest BCUT2D eigenvalue weighted by Gasteiger charge is -2.08. The summed E-state index contributed by atoms with van der Waals surface area (Å²) in [5.41, 5.74) is 1.10. The fraction of sp³-hybridized carbons (Fsp3) is 0.222. The van der Waals surface area contributed by atoms with E-state index in [0.717, 1.165) is 0 Å². The second-order valence-corrected chi connectivity index (χ2v) is 5.24. The minimum Gasteiger partial charge on any atom is -0.487 e. The number of ether oxygens (including phenoxy) is 2. The monoisotopic (exact) mass is 345 g/mol. The Labute approximate surface area is 142 Å². The highest BCUT2D eigenvalue weighted by molar-refractivity contribution is 5.73. The van der Waals surface area contributed by atoms with Crippen LogP contribution < -0.4 is 10.5 Å². The van der Waals surface area contributed by atoms with E-state index in [2.05, 4.69) is 0 Å². The van der Waals surface area contributed by atoms with Gasteiger partial charge in [0.15, 0.2) is 17.1 Å². The summed E-state index contributed by atoms with van der Waals surface area (Å²) in [6.07, 6.45) is 0.0170. The van der Waals surface area contributed by atoms with Gasteiger partial charge in [0, 0.05) is 6.54 Å². The fourth-order valence-electron chi connectivity index (χ4n) is 2.37. The van der Waals surface area contributed by atoms with Crippen LogP contribution in [0.25, 0.3) is 11.1 Å². The van der Waals surface area contributed by atoms with E-state index >= 15 is 0 Å². The molecule has 0 aliphatic rings. The Hall–Kier alpha value is -3.09. The third kappa shape index (κ3) is 4.06. The summed E-state index contributed by atoms with van der Waals surface area (Å²) >= 11 is 0. The average molecular weight is 345 g/mol. The van der Waals surface area contributed by atoms with Crippen LogP contribution in [0.2, 0.25) is 0 Å². The molecule has 25 heavy (non-hydrogen) atoms. The molecule has 0 spiro atoms. The number of fused-ring (bicyclic) bond motifs is 1. The first kappa shape index (κ1) is 16.8. The molecule has 6 nitrogen and oxygen atoms in total. The third-order valence-electron chi connectivity index (χ3n) is 3.55. The maximum atomic E-state index is 13.3. The van der Waals surface area contributed by atoms with Crippen molar-refractivity contribution in [3.05, 3.63) is 64.9 Å². The molecule has 1 heterocycles. The van der Waals surface area contributed by atoms with Crippen LogP contribution in [0.4, 0.5) is 4.39 Å². The molecule has 0 N–H and O–H groups in total. The normalized spacial score (nSPS) is 10.8. The van der Waals surface area contributed by atoms with Gasteiger partial charge in [-0.15, -0.1) is 0 Å². The zero-order chi connectivity index (χ0) is 17.6. The number of aromatic nitrogens is 1. The highest BCUT2D eigenvalue weighted by Crippen LogP contribution is 2.15. The SMILES string of the molecule is O=C(CCn1c(=O)oc2ccccc21)OCCOc1ccccc1F. The van der Waals surface area contributed by atoms with Crippen molar-refractivity contribution >= 4 is 17.1 Å². The van der Waals surface area contributed by atoms with Gasteiger partial charge in [0.25, 0.3) is 0 Å². The fourth-order valence-corrected chi connectivity index (χ4v) is 2.37. The second-order valence-electron chi connectivity index (χ2n) is 5.24. The largest absolute Gasteiger partial charge is 0.487 e. The van der Waals surface area contributed by atoms with E-state index in [1.165, 1.54) is 16.7 Å². The number of nitrogens with zero attached hydrogens (tertiary/aromatic N) is 1. The quantitative estimate of drug-likeness (QED) is 0.486. The molecule has 0 amide bonds. The van der Waals surface area contributed by atoms with Crippen molar-refractivity contribution in [3.63, 3.8) is 0 Å². The van der Waals surface area contributed by atoms with Gasteiger partial charge in [-0.05, 0) is 24.3 Å². The molecule has 0 unspecified atom stereocenters. The molecular formula is C18H16FNO5. The van der Waals surface area contributed by atoms with Crippen molar-refractivity contribution < 1.29 is 23.1 Å². The predicted molar refractivity (Wildman–Crippen MR) is 87.9 cm³/mol. The van der Waals surface area contributed by atoms with Gasteiger partial charge >= 0.3 is 11.7 Å². The number of benzene rings is 2. The number of hydrogen-bond acceptors (Lipinski definition) is 5. The Morgan fingerprint density at radius 3 is 2.68 bits per heavy atom. The first-order chi connectivity index (χ1) is 12.1. The molecule has 0 bridgehead atoms. The molecule has 0 saturated heterocycles. The van der Waals surface area contributed by atoms with E-state index in [0.29, 0.717) is 11.1 Å². The Balaban J connectivity index is 1.46. The van der Waals surface area contributed by atoms with Gasteiger partial charge in [0.1, 0.15) is 13.2 Å². The van der Waals surface area contributed by atoms with Gasteiger partial charge in [-0.1, -0.05) is 24.3 Å². The number of carbonyl (C=O) groups is 1. The van der Waals surface area contributed by atoms with Crippen LogP contribution in [-0.2, 0) is 16.1 Å². The average Bonchev–Trinajstić information content (AvgIpc) is 2.93. The number of hydrogen-bond donors (Lipinski definition) is 0. The van der Waals surface area contributed by atoms with E-state index in [4.69, 9.17) is 13.9 Å². The Morgan fingerprint density at radius 1 is 1.08 bits per heavy atom. The molecule has 2 aromatic carbocycles. The Kier molecular flexibility index (Phi) is 5.13. The number of esters is 1. The summed E-state index contributed by atoms with van der Waals surface area (Å²) in [6, 6.07) is 13.0. The van der Waals surface area contributed by atoms with Gasteiger partial charge in [0.2, 0.25) is 0 Å². The van der Waals surface area contributed by atoms with Crippen LogP contribution in [0.3, 0.4) is 0 Å². The van der Waals surface area contributed by atoms with Gasteiger partial charge in [-0.3, -0.25) is 9.36 Å². The number of rotatable bonds is 7. The topological polar surface area (TPSA) is 70.7 Å². The van der Waals surface area contributed by atoms with E-state index in [1.54, 1.807) is 36.4 Å². The molecule has 130 valence electrons. The van der Waals surface area contributed by atoms with E-state index in [-0.39, 0.29) is 31.9 Å². The van der Waals surface area contributed by atoms with Crippen molar-refractivity contribution in [1.29, 1.82) is 0 Å². The Morgan fingerprint density at radius 2 is 1.84 bits per heavy atom. The number of halogens is 1. The molecule has 0 aliphatic carbocycles. The molecule has 1 aromatic heterocycles. The summed E-state index contributed by atoms with van der Waals surface area (Å²) < 4.78 is 30.0. The van der Waals surface area contributed by atoms with E-state index in [9.17, 15) is 14.0 Å². The molecular weight excluding hydrogens is 329 g/mol. The van der Waals surface area contributed by atoms with Crippen molar-refractivity contribution in [1.82, 2.24) is 4.57 Å². The standard InChI is InChI=1S/C18H16FNO5/c19-13-5-1-3-7-15(13)23-11-12-24-17(21)9-10-20-14-6-2-4-8-16(14)25-18(20)22/h1-8H,9-12H2. The highest BCUT2D eigenvalue weighted by atomic mass is 19.1. The van der Waals surface area contributed by atoms with Crippen LogP contribution in [0, 0.1) is 5.82 Å². The van der Waals surface area contributed by atoms with Crippen molar-refractivity contribution in [2.24, 2.45) is 0 Å². The molecule has 0 fully saturated rings. The molecule has 3 rings (SSSR count). The minimum absolute atomic E-state index is 0.00575. The summed E-state index contributed by atoms with van der Waals surface area (Å²) in [7, 11) is 0. The molecule has 7 heteroatoms. The number of para-hydroxylation sites is 3. The van der Waals surface area contributed by atoms with Crippen LogP contribution >= 0.6 is 0 Å². The van der Waals surface area contributed by atoms with E-state index < -0.39 is 17.5 Å². The number of carbonyl (C=O) groups excluding carboxylic acids is 1. The number of aryl methyl sites for hydroxylation is 1. The summed E-state index contributed by atoms with van der Waals surface area (Å²) in [5.74, 6) is -1.36. The lowest BCUT2D eigenvalue weighted by atomic mass is 10.3. The summed E-state index contributed by atoms with van der Waals surface area (Å²) in [6.45, 7) is 0.193. The highest BCUT2D eigenvalue weighted by Gasteiger charge is 2.11. The van der Waals surface area contributed by atoms with Crippen LogP contribution in [0.15, 0.2) is 57.7 Å². The van der Waals surface area contributed by atoms with Crippen LogP contribution in [0.1, 0.15) is 6.42 Å². The first-order valence-corrected chi connectivity index (χ1v) is 7.76. The van der Waals surface area contributed by atoms with Gasteiger partial charge in [-0.2, -0.15) is 0 Å². The molecule has 0 aliphatic heterocycles. The van der Waals surface area contributed by atoms with Gasteiger partial charge in [-0.25, -0.2) is 9.18 Å². The minimum atomic E-state index is -0.517. The third-order valence-corrected chi connectivity index (χ3v) is 3.55. The van der Waals surface area contributed by atoms with Crippen LogP contribution in [0.5, 0.6) is 5.75 Å². The maximum Gasteiger partial charge on any atom is 0.419 e. The van der Waals surface area contributed by atoms with E-state index in [1.807, 2.05) is 0 Å². The molecule has 0 radical (unpaired) electrons. The zero-order valence-corrected chi connectivity index (χ0v) is 13.3. The van der Waals surface area contributed by atoms with Crippen molar-refractivity contribution in [3.8, 4) is 5.75 Å². The van der Waals surface area contributed by atoms with Crippen LogP contribution in [-0.4, -0.2) is 23.8 Å². The van der Waals surface area contributed by atoms with Gasteiger partial charge < -0.3 is 13.9 Å².